The maximum Gasteiger partial charge on any atom is 0.303 e. The van der Waals surface area contributed by atoms with Crippen molar-refractivity contribution in [3.05, 3.63) is 225 Å². The first-order valence-electron chi connectivity index (χ1n) is 27.2. The smallest absolute Gasteiger partial charge is 0.303 e. The van der Waals surface area contributed by atoms with Crippen LogP contribution >= 0.6 is 0 Å². The van der Waals surface area contributed by atoms with Crippen molar-refractivity contribution in [3.63, 3.8) is 0 Å². The van der Waals surface area contributed by atoms with Crippen LogP contribution in [0.2, 0.25) is 0 Å². The highest BCUT2D eigenvalue weighted by molar-refractivity contribution is 5.86. The third kappa shape index (κ3) is 15.1. The molecule has 6 N–H and O–H groups in total. The third-order valence-electron chi connectivity index (χ3n) is 14.2. The number of aromatic amines is 4. The number of H-pyrrole nitrogens is 4. The van der Waals surface area contributed by atoms with Crippen molar-refractivity contribution < 1.29 is 51.5 Å². The Bertz CT molecular complexity index is 3820. The zero-order valence-electron chi connectivity index (χ0n) is 47.4. The molecule has 17 heteroatoms. The molecule has 10 rings (SSSR count). The zero-order valence-corrected chi connectivity index (χ0v) is 47.4. The molecule has 13 nitrogen and oxygen atoms in total. The minimum atomic E-state index is -0.868. The van der Waals surface area contributed by atoms with Crippen LogP contribution in [-0.4, -0.2) is 79.6 Å². The number of imidazole rings is 2. The number of rotatable bonds is 21. The number of methoxy groups -OCH3 is 2. The van der Waals surface area contributed by atoms with Crippen molar-refractivity contribution in [2.45, 2.75) is 85.0 Å². The van der Waals surface area contributed by atoms with Gasteiger partial charge >= 0.3 is 5.97 Å². The summed E-state index contributed by atoms with van der Waals surface area (Å²) in [6, 6.07) is 31.0. The fourth-order valence-electron chi connectivity index (χ4n) is 9.70. The Hall–Kier alpha value is -8.61. The highest BCUT2D eigenvalue weighted by Crippen LogP contribution is 2.37. The summed E-state index contributed by atoms with van der Waals surface area (Å²) < 4.78 is 82.7. The number of carboxylic acid groups (broad SMARTS) is 1. The second kappa shape index (κ2) is 28.4. The topological polar surface area (TPSA) is 183 Å². The van der Waals surface area contributed by atoms with Crippen molar-refractivity contribution in [2.75, 3.05) is 27.4 Å². The van der Waals surface area contributed by atoms with E-state index in [0.29, 0.717) is 71.9 Å². The maximum absolute atomic E-state index is 15.1. The molecule has 0 fully saturated rings. The molecule has 10 aromatic rings. The minimum Gasteiger partial charge on any atom is -0.481 e. The minimum absolute atomic E-state index is 0.0233. The lowest BCUT2D eigenvalue weighted by Crippen LogP contribution is -2.11. The molecule has 6 aromatic carbocycles. The van der Waals surface area contributed by atoms with Crippen LogP contribution in [0.3, 0.4) is 0 Å². The van der Waals surface area contributed by atoms with E-state index in [1.807, 2.05) is 87.5 Å². The van der Waals surface area contributed by atoms with E-state index in [-0.39, 0.29) is 41.2 Å². The van der Waals surface area contributed by atoms with Crippen molar-refractivity contribution >= 4 is 27.8 Å². The second-order valence-corrected chi connectivity index (χ2v) is 20.1. The molecule has 3 unspecified atom stereocenters. The number of nitrogens with zero attached hydrogens (tertiary/aromatic N) is 2. The fraction of sp³-hybridized carbons (Fsp3) is 0.258. The first-order valence-corrected chi connectivity index (χ1v) is 27.2. The number of allylic oxidation sites excluding steroid dienone is 2. The van der Waals surface area contributed by atoms with Crippen molar-refractivity contribution in [1.29, 1.82) is 0 Å². The summed E-state index contributed by atoms with van der Waals surface area (Å²) in [6.45, 7) is 10.2. The molecule has 0 spiro atoms. The highest BCUT2D eigenvalue weighted by Gasteiger charge is 2.23. The summed E-state index contributed by atoms with van der Waals surface area (Å²) in [6.07, 6.45) is 11.5. The van der Waals surface area contributed by atoms with E-state index >= 15 is 4.39 Å². The van der Waals surface area contributed by atoms with Crippen LogP contribution in [-0.2, 0) is 38.3 Å². The Morgan fingerprint density at radius 1 is 0.651 bits per heavy atom. The first-order chi connectivity index (χ1) is 40.1. The number of carboxylic acids is 1. The highest BCUT2D eigenvalue weighted by atomic mass is 19.1. The van der Waals surface area contributed by atoms with Gasteiger partial charge in [0.15, 0.2) is 11.6 Å². The largest absolute Gasteiger partial charge is 0.481 e. The lowest BCUT2D eigenvalue weighted by atomic mass is 9.96. The number of hydrogen-bond donors (Lipinski definition) is 6. The van der Waals surface area contributed by atoms with Gasteiger partial charge < -0.3 is 49.1 Å². The van der Waals surface area contributed by atoms with Gasteiger partial charge in [0, 0.05) is 72.9 Å². The van der Waals surface area contributed by atoms with Crippen molar-refractivity contribution in [1.82, 2.24) is 29.9 Å². The third-order valence-corrected chi connectivity index (χ3v) is 14.2. The molecule has 0 radical (unpaired) electrons. The number of aryl methyl sites for hydroxylation is 4. The number of aromatic nitrogens is 6. The molecule has 432 valence electrons. The van der Waals surface area contributed by atoms with Gasteiger partial charge in [-0.05, 0) is 141 Å². The quantitative estimate of drug-likeness (QED) is 0.0232. The van der Waals surface area contributed by atoms with E-state index in [9.17, 15) is 23.1 Å². The van der Waals surface area contributed by atoms with Gasteiger partial charge in [0.25, 0.3) is 0 Å². The molecular weight excluding hydrogens is 1060 g/mol. The number of aliphatic hydroxyl groups excluding tert-OH is 1. The fourth-order valence-corrected chi connectivity index (χ4v) is 9.70. The Morgan fingerprint density at radius 3 is 1.83 bits per heavy atom. The van der Waals surface area contributed by atoms with Crippen LogP contribution in [0.1, 0.15) is 102 Å². The molecular formula is C66H68F4N6O7. The van der Waals surface area contributed by atoms with Crippen LogP contribution in [0.5, 0.6) is 11.5 Å². The number of ether oxygens (including phenoxy) is 4. The van der Waals surface area contributed by atoms with Gasteiger partial charge in [-0.25, -0.2) is 27.5 Å². The number of aliphatic carboxylic acids is 1. The number of nitrogens with one attached hydrogen (secondary N) is 4. The lowest BCUT2D eigenvalue weighted by Gasteiger charge is -2.18. The molecule has 83 heavy (non-hydrogen) atoms. The Balaban J connectivity index is 0.000000204. The predicted molar refractivity (Wildman–Crippen MR) is 315 cm³/mol. The average Bonchev–Trinajstić information content (AvgIpc) is 4.51. The molecule has 0 amide bonds. The summed E-state index contributed by atoms with van der Waals surface area (Å²) in [5.41, 5.74) is 9.64. The SMILES string of the molecule is CC=CC.COC(c1cccc(CCC(=O)O)c1)c1cnc(-c2cc(Oc3c(F)cc4[nH]ccc4c3C)ccc2F)[nH]1.COCCOC(c1cccc(CCC(C)O)c1)c1cnc(-c2cc(Cc3c(F)cc4[nH]ccc4c3C)ccc2F)[nH]1. The predicted octanol–water partition coefficient (Wildman–Crippen LogP) is 15.1. The Kier molecular flexibility index (Phi) is 20.7. The van der Waals surface area contributed by atoms with Gasteiger partial charge in [-0.15, -0.1) is 0 Å². The van der Waals surface area contributed by atoms with Crippen LogP contribution in [0.4, 0.5) is 17.6 Å². The van der Waals surface area contributed by atoms with E-state index in [1.54, 1.807) is 65.0 Å². The number of halogens is 4. The van der Waals surface area contributed by atoms with Crippen molar-refractivity contribution in [2.24, 2.45) is 0 Å². The van der Waals surface area contributed by atoms with Crippen LogP contribution in [0, 0.1) is 37.1 Å². The summed E-state index contributed by atoms with van der Waals surface area (Å²) in [5.74, 6) is -1.71. The second-order valence-electron chi connectivity index (χ2n) is 20.1. The van der Waals surface area contributed by atoms with E-state index in [1.165, 1.54) is 36.4 Å². The van der Waals surface area contributed by atoms with Crippen LogP contribution in [0.25, 0.3) is 44.6 Å². The molecule has 0 saturated heterocycles. The summed E-state index contributed by atoms with van der Waals surface area (Å²) in [7, 11) is 3.16. The molecule has 0 aliphatic carbocycles. The number of hydrogen-bond acceptors (Lipinski definition) is 8. The van der Waals surface area contributed by atoms with Gasteiger partial charge in [-0.1, -0.05) is 66.7 Å². The standard InChI is InChI=1S/C33H35F2N3O3.C29H25F2N3O4.C4H8/c1-20(39)7-8-22-5-4-6-24(15-22)32(41-14-13-40-3)31-19-37-33(38-31)27-17-23(9-10-28(27)34)16-26-21(2)25-11-12-36-30(25)18-29(26)35;1-16-20-10-11-32-24(20)14-23(31)27(16)38-19-7-8-22(30)21(13-19)29-33-15-25(34-29)28(37-2)18-5-3-4-17(12-18)6-9-26(35)36;1-3-4-2/h4-6,9-12,15,17-20,32,36,39H,7-8,13-14,16H2,1-3H3,(H,37,38);3-5,7-8,10-15,28,32H,6,9H2,1-2H3,(H,33,34)(H,35,36);3-4H,1-2H3. The van der Waals surface area contributed by atoms with Gasteiger partial charge in [-0.2, -0.15) is 0 Å². The van der Waals surface area contributed by atoms with E-state index < -0.39 is 35.6 Å². The molecule has 4 aromatic heterocycles. The Morgan fingerprint density at radius 2 is 1.23 bits per heavy atom. The average molecular weight is 1130 g/mol. The Labute approximate surface area is 479 Å². The summed E-state index contributed by atoms with van der Waals surface area (Å²) in [5, 5.41) is 20.5. The monoisotopic (exact) mass is 1130 g/mol. The summed E-state index contributed by atoms with van der Waals surface area (Å²) in [4.78, 5) is 32.2. The zero-order chi connectivity index (χ0) is 59.2. The van der Waals surface area contributed by atoms with Gasteiger partial charge in [0.05, 0.1) is 54.2 Å². The molecule has 0 bridgehead atoms. The molecule has 3 atom stereocenters. The number of benzene rings is 6. The van der Waals surface area contributed by atoms with Gasteiger partial charge in [-0.3, -0.25) is 4.79 Å². The van der Waals surface area contributed by atoms with Crippen molar-refractivity contribution in [3.8, 4) is 34.3 Å². The van der Waals surface area contributed by atoms with E-state index in [0.717, 1.165) is 56.1 Å². The normalized spacial score (nSPS) is 12.5. The molecule has 4 heterocycles. The van der Waals surface area contributed by atoms with E-state index in [2.05, 4.69) is 36.0 Å². The number of aliphatic hydroxyl groups is 1. The van der Waals surface area contributed by atoms with E-state index in [4.69, 9.17) is 24.1 Å². The molecule has 0 aliphatic rings. The summed E-state index contributed by atoms with van der Waals surface area (Å²) >= 11 is 0. The van der Waals surface area contributed by atoms with Gasteiger partial charge in [0.1, 0.15) is 47.1 Å². The van der Waals surface area contributed by atoms with Gasteiger partial charge in [0.2, 0.25) is 0 Å². The van der Waals surface area contributed by atoms with Crippen LogP contribution < -0.4 is 4.74 Å². The number of fused-ring (bicyclic) bond motifs is 2. The maximum atomic E-state index is 15.1. The number of carbonyl (C=O) groups is 1. The van der Waals surface area contributed by atoms with Crippen LogP contribution in [0.15, 0.2) is 146 Å². The lowest BCUT2D eigenvalue weighted by molar-refractivity contribution is -0.136. The molecule has 0 saturated carbocycles. The molecule has 0 aliphatic heterocycles. The first kappa shape index (κ1) is 60.5.